The Hall–Kier alpha value is -0.790. The molecule has 0 radical (unpaired) electrons. The number of nitrogens with zero attached hydrogens (tertiary/aromatic N) is 1. The Morgan fingerprint density at radius 2 is 2.64 bits per heavy atom. The van der Waals surface area contributed by atoms with Gasteiger partial charge < -0.3 is 4.74 Å². The van der Waals surface area contributed by atoms with Gasteiger partial charge in [-0.2, -0.15) is 0 Å². The zero-order chi connectivity index (χ0) is 8.10. The molecule has 0 fully saturated rings. The predicted molar refractivity (Wildman–Crippen MR) is 46.8 cm³/mol. The van der Waals surface area contributed by atoms with Gasteiger partial charge in [-0.25, -0.2) is 0 Å². The molecule has 0 saturated heterocycles. The number of hydrogen-bond acceptors (Lipinski definition) is 2. The van der Waals surface area contributed by atoms with E-state index in [1.54, 1.807) is 0 Å². The summed E-state index contributed by atoms with van der Waals surface area (Å²) in [7, 11) is 0. The van der Waals surface area contributed by atoms with Crippen molar-refractivity contribution >= 4 is 5.90 Å². The van der Waals surface area contributed by atoms with E-state index < -0.39 is 0 Å². The monoisotopic (exact) mass is 153 g/mol. The smallest absolute Gasteiger partial charge is 0.186 e. The molecule has 2 heteroatoms. The van der Waals surface area contributed by atoms with E-state index >= 15 is 0 Å². The lowest BCUT2D eigenvalue weighted by molar-refractivity contribution is 0.320. The van der Waals surface area contributed by atoms with Crippen molar-refractivity contribution in [3.8, 4) is 0 Å². The number of allylic oxidation sites excluding steroid dienone is 1. The quantitative estimate of drug-likeness (QED) is 0.566. The minimum atomic E-state index is 0.468. The predicted octanol–water partition coefficient (Wildman–Crippen LogP) is 2.02. The highest BCUT2D eigenvalue weighted by Crippen LogP contribution is 2.14. The Balaban J connectivity index is 2.46. The molecule has 0 aromatic rings. The molecule has 0 aliphatic carbocycles. The summed E-state index contributed by atoms with van der Waals surface area (Å²) < 4.78 is 5.36. The van der Waals surface area contributed by atoms with Gasteiger partial charge in [-0.3, -0.25) is 4.99 Å². The first-order valence-corrected chi connectivity index (χ1v) is 4.16. The van der Waals surface area contributed by atoms with Gasteiger partial charge in [0, 0.05) is 5.92 Å². The Bertz CT molecular complexity index is 163. The van der Waals surface area contributed by atoms with Crippen LogP contribution in [0.2, 0.25) is 0 Å². The van der Waals surface area contributed by atoms with E-state index in [1.165, 1.54) is 0 Å². The normalized spacial score (nSPS) is 18.8. The third-order valence-electron chi connectivity index (χ3n) is 1.90. The van der Waals surface area contributed by atoms with E-state index in [9.17, 15) is 0 Å². The fourth-order valence-corrected chi connectivity index (χ4v) is 1.24. The van der Waals surface area contributed by atoms with Crippen molar-refractivity contribution in [3.63, 3.8) is 0 Å². The molecule has 1 rings (SSSR count). The van der Waals surface area contributed by atoms with Crippen LogP contribution in [0, 0.1) is 5.92 Å². The molecule has 0 N–H and O–H groups in total. The van der Waals surface area contributed by atoms with E-state index in [1.807, 2.05) is 6.08 Å². The summed E-state index contributed by atoms with van der Waals surface area (Å²) >= 11 is 0. The minimum absolute atomic E-state index is 0.468. The molecule has 62 valence electrons. The van der Waals surface area contributed by atoms with Gasteiger partial charge in [-0.1, -0.05) is 13.0 Å². The second-order valence-corrected chi connectivity index (χ2v) is 2.70. The second-order valence-electron chi connectivity index (χ2n) is 2.70. The average Bonchev–Trinajstić information content (AvgIpc) is 2.52. The first kappa shape index (κ1) is 8.31. The zero-order valence-corrected chi connectivity index (χ0v) is 7.05. The maximum absolute atomic E-state index is 5.36. The van der Waals surface area contributed by atoms with Crippen molar-refractivity contribution in [1.29, 1.82) is 0 Å². The maximum atomic E-state index is 5.36. The summed E-state index contributed by atoms with van der Waals surface area (Å²) in [6, 6.07) is 0. The highest BCUT2D eigenvalue weighted by Gasteiger charge is 2.16. The van der Waals surface area contributed by atoms with Crippen molar-refractivity contribution in [2.45, 2.75) is 19.8 Å². The summed E-state index contributed by atoms with van der Waals surface area (Å²) in [5, 5.41) is 0. The van der Waals surface area contributed by atoms with Crippen molar-refractivity contribution in [1.82, 2.24) is 0 Å². The van der Waals surface area contributed by atoms with Gasteiger partial charge in [0.25, 0.3) is 0 Å². The van der Waals surface area contributed by atoms with E-state index in [4.69, 9.17) is 4.74 Å². The summed E-state index contributed by atoms with van der Waals surface area (Å²) in [5.41, 5.74) is 0. The van der Waals surface area contributed by atoms with Crippen LogP contribution in [0.25, 0.3) is 0 Å². The maximum Gasteiger partial charge on any atom is 0.186 e. The topological polar surface area (TPSA) is 21.6 Å². The molecule has 2 nitrogen and oxygen atoms in total. The molecule has 1 heterocycles. The third-order valence-corrected chi connectivity index (χ3v) is 1.90. The van der Waals surface area contributed by atoms with Crippen LogP contribution in [-0.2, 0) is 4.74 Å². The van der Waals surface area contributed by atoms with E-state index in [0.29, 0.717) is 5.92 Å². The lowest BCUT2D eigenvalue weighted by Gasteiger charge is -2.11. The minimum Gasteiger partial charge on any atom is -0.479 e. The molecule has 0 aromatic heterocycles. The van der Waals surface area contributed by atoms with Gasteiger partial charge in [0.05, 0.1) is 6.54 Å². The molecule has 0 bridgehead atoms. The van der Waals surface area contributed by atoms with Crippen LogP contribution in [0.1, 0.15) is 19.8 Å². The van der Waals surface area contributed by atoms with Crippen LogP contribution in [0.3, 0.4) is 0 Å². The fourth-order valence-electron chi connectivity index (χ4n) is 1.24. The molecular formula is C9H15NO. The Labute approximate surface area is 68.0 Å². The summed E-state index contributed by atoms with van der Waals surface area (Å²) in [4.78, 5) is 4.27. The van der Waals surface area contributed by atoms with Crippen molar-refractivity contribution in [2.75, 3.05) is 13.2 Å². The molecule has 0 aromatic carbocycles. The van der Waals surface area contributed by atoms with Gasteiger partial charge in [-0.05, 0) is 12.8 Å². The molecule has 1 atom stereocenters. The number of rotatable bonds is 4. The van der Waals surface area contributed by atoms with E-state index in [-0.39, 0.29) is 0 Å². The molecule has 0 saturated carbocycles. The summed E-state index contributed by atoms with van der Waals surface area (Å²) in [6.07, 6.45) is 4.00. The Morgan fingerprint density at radius 3 is 3.09 bits per heavy atom. The van der Waals surface area contributed by atoms with Crippen molar-refractivity contribution in [2.24, 2.45) is 10.9 Å². The van der Waals surface area contributed by atoms with Gasteiger partial charge >= 0.3 is 0 Å². The molecule has 0 amide bonds. The average molecular weight is 153 g/mol. The third kappa shape index (κ3) is 2.07. The number of aliphatic imine (C=N–C) groups is 1. The molecule has 1 aliphatic heterocycles. The first-order chi connectivity index (χ1) is 5.38. The lowest BCUT2D eigenvalue weighted by Crippen LogP contribution is -2.13. The van der Waals surface area contributed by atoms with Crippen molar-refractivity contribution < 1.29 is 4.74 Å². The standard InChI is InChI=1S/C9H15NO/c1-3-5-8(4-2)9-10-6-7-11-9/h3,8H,1,4-7H2,2H3. The van der Waals surface area contributed by atoms with Gasteiger partial charge in [-0.15, -0.1) is 6.58 Å². The Morgan fingerprint density at radius 1 is 1.82 bits per heavy atom. The fraction of sp³-hybridized carbons (Fsp3) is 0.667. The largest absolute Gasteiger partial charge is 0.479 e. The first-order valence-electron chi connectivity index (χ1n) is 4.16. The van der Waals surface area contributed by atoms with Crippen LogP contribution in [0.4, 0.5) is 0 Å². The molecule has 1 aliphatic rings. The van der Waals surface area contributed by atoms with Crippen molar-refractivity contribution in [3.05, 3.63) is 12.7 Å². The zero-order valence-electron chi connectivity index (χ0n) is 7.05. The van der Waals surface area contributed by atoms with Gasteiger partial charge in [0.1, 0.15) is 6.61 Å². The molecule has 0 spiro atoms. The van der Waals surface area contributed by atoms with E-state index in [0.717, 1.165) is 31.9 Å². The number of hydrogen-bond donors (Lipinski definition) is 0. The summed E-state index contributed by atoms with van der Waals surface area (Å²) in [6.45, 7) is 7.46. The van der Waals surface area contributed by atoms with Gasteiger partial charge in [0.15, 0.2) is 5.90 Å². The second kappa shape index (κ2) is 4.16. The van der Waals surface area contributed by atoms with Crippen LogP contribution in [0.15, 0.2) is 17.6 Å². The van der Waals surface area contributed by atoms with Crippen LogP contribution in [0.5, 0.6) is 0 Å². The lowest BCUT2D eigenvalue weighted by atomic mass is 10.0. The molecule has 11 heavy (non-hydrogen) atoms. The Kier molecular flexibility index (Phi) is 3.14. The highest BCUT2D eigenvalue weighted by molar-refractivity contribution is 5.79. The number of ether oxygens (including phenoxy) is 1. The van der Waals surface area contributed by atoms with E-state index in [2.05, 4.69) is 18.5 Å². The molecule has 1 unspecified atom stereocenters. The van der Waals surface area contributed by atoms with Gasteiger partial charge in [0.2, 0.25) is 0 Å². The molecular weight excluding hydrogens is 138 g/mol. The van der Waals surface area contributed by atoms with Crippen LogP contribution in [-0.4, -0.2) is 19.0 Å². The van der Waals surface area contributed by atoms with Crippen LogP contribution < -0.4 is 0 Å². The highest BCUT2D eigenvalue weighted by atomic mass is 16.5. The van der Waals surface area contributed by atoms with Crippen LogP contribution >= 0.6 is 0 Å². The summed E-state index contributed by atoms with van der Waals surface area (Å²) in [5.74, 6) is 1.41. The SMILES string of the molecule is C=CCC(CC)C1=NCCO1.